The first-order valence-electron chi connectivity index (χ1n) is 17.9. The number of hydrogen-bond donors (Lipinski definition) is 4. The quantitative estimate of drug-likeness (QED) is 0.119. The summed E-state index contributed by atoms with van der Waals surface area (Å²) in [5.74, 6) is -0.559. The van der Waals surface area contributed by atoms with Crippen molar-refractivity contribution in [1.29, 1.82) is 0 Å². The van der Waals surface area contributed by atoms with Crippen LogP contribution in [0.1, 0.15) is 130 Å². The van der Waals surface area contributed by atoms with Crippen LogP contribution in [0.4, 0.5) is 0 Å². The van der Waals surface area contributed by atoms with Crippen LogP contribution in [0, 0.1) is 0 Å². The Morgan fingerprint density at radius 3 is 0.661 bits per heavy atom. The number of benzene rings is 2. The van der Waals surface area contributed by atoms with Gasteiger partial charge in [-0.15, -0.1) is 0 Å². The molecule has 0 aliphatic rings. The molecular weight excluding hydrogens is 790 g/mol. The molecule has 306 valence electrons. The van der Waals surface area contributed by atoms with Crippen molar-refractivity contribution in [2.24, 2.45) is 0 Å². The third kappa shape index (κ3) is 18.8. The monoisotopic (exact) mass is 850 g/mol. The molecule has 0 saturated heterocycles. The van der Waals surface area contributed by atoms with Gasteiger partial charge in [0.25, 0.3) is 0 Å². The third-order valence-corrected chi connectivity index (χ3v) is 8.81. The Bertz CT molecular complexity index is 1600. The van der Waals surface area contributed by atoms with Gasteiger partial charge in [-0.3, -0.25) is 19.2 Å². The SMILES string of the molecule is CC(=O)C(Cc1cc(CC(C(C)=O)=C(C)O)cc(C(C)(C)C)c1)=C(C)O.CC(=O)C(Cc1cc(CC(C(C)=O)=C(C)O)cc(C(C)(C)C)c1)=C(C)O.[O]=[V].[O]=[V]. The molecule has 0 heterocycles. The van der Waals surface area contributed by atoms with E-state index in [0.717, 1.165) is 68.1 Å². The number of Topliss-reactive ketones (excluding diaryl/α,β-unsaturated/α-hetero) is 4. The summed E-state index contributed by atoms with van der Waals surface area (Å²) in [5.41, 5.74) is 6.99. The van der Waals surface area contributed by atoms with Crippen molar-refractivity contribution in [1.82, 2.24) is 0 Å². The van der Waals surface area contributed by atoms with Crippen molar-refractivity contribution in [3.05, 3.63) is 115 Å². The van der Waals surface area contributed by atoms with Crippen LogP contribution < -0.4 is 0 Å². The van der Waals surface area contributed by atoms with E-state index in [9.17, 15) is 39.6 Å². The summed E-state index contributed by atoms with van der Waals surface area (Å²) in [6.45, 7) is 24.3. The molecular formula is C44H60O10V2. The maximum absolute atomic E-state index is 11.8. The number of ketones is 4. The predicted molar refractivity (Wildman–Crippen MR) is 211 cm³/mol. The second-order valence-electron chi connectivity index (χ2n) is 15.8. The van der Waals surface area contributed by atoms with Crippen LogP contribution in [-0.4, -0.2) is 43.6 Å². The number of hydrogen-bond acceptors (Lipinski definition) is 10. The fourth-order valence-electron chi connectivity index (χ4n) is 5.64. The molecule has 0 unspecified atom stereocenters. The van der Waals surface area contributed by atoms with Gasteiger partial charge in [0.05, 0.1) is 23.0 Å². The van der Waals surface area contributed by atoms with Crippen LogP contribution in [0.3, 0.4) is 0 Å². The first-order valence-corrected chi connectivity index (χ1v) is 19.0. The zero-order valence-corrected chi connectivity index (χ0v) is 38.2. The second kappa shape index (κ2) is 24.6. The molecule has 0 saturated carbocycles. The Labute approximate surface area is 351 Å². The molecule has 0 aliphatic carbocycles. The van der Waals surface area contributed by atoms with Crippen LogP contribution in [0.25, 0.3) is 0 Å². The second-order valence-corrected chi connectivity index (χ2v) is 15.8. The molecule has 0 aromatic heterocycles. The molecule has 0 radical (unpaired) electrons. The van der Waals surface area contributed by atoms with E-state index in [1.807, 2.05) is 36.4 Å². The first kappa shape index (κ1) is 54.1. The number of rotatable bonds is 12. The van der Waals surface area contributed by atoms with E-state index in [0.29, 0.717) is 48.0 Å². The molecule has 0 fully saturated rings. The zero-order valence-electron chi connectivity index (χ0n) is 35.4. The summed E-state index contributed by atoms with van der Waals surface area (Å²) in [6.07, 6.45) is 1.30. The fourth-order valence-corrected chi connectivity index (χ4v) is 5.64. The Morgan fingerprint density at radius 2 is 0.554 bits per heavy atom. The normalized spacial score (nSPS) is 12.9. The Morgan fingerprint density at radius 1 is 0.393 bits per heavy atom. The standard InChI is InChI=1S/2C22H30O4.2O.2V/c2*1-13(23)20(14(2)24)11-17-8-18(10-19(9-17)22(5,6)7)12-21(15(3)25)16(4)26;;;;/h2*8-10,23,25H,11-12H2,1-7H3;;;;. The van der Waals surface area contributed by atoms with Crippen LogP contribution in [0.2, 0.25) is 0 Å². The van der Waals surface area contributed by atoms with Gasteiger partial charge in [0.15, 0.2) is 23.1 Å². The molecule has 0 aliphatic heterocycles. The summed E-state index contributed by atoms with van der Waals surface area (Å²) in [5, 5.41) is 39.2. The third-order valence-electron chi connectivity index (χ3n) is 8.81. The molecule has 0 atom stereocenters. The number of aliphatic hydroxyl groups excluding tert-OH is 4. The Hall–Kier alpha value is -3.95. The van der Waals surface area contributed by atoms with Crippen molar-refractivity contribution in [2.75, 3.05) is 0 Å². The molecule has 0 spiro atoms. The van der Waals surface area contributed by atoms with Crippen molar-refractivity contribution in [3.8, 4) is 0 Å². The van der Waals surface area contributed by atoms with Gasteiger partial charge in [0, 0.05) is 48.0 Å². The average molecular weight is 851 g/mol. The van der Waals surface area contributed by atoms with Crippen molar-refractivity contribution in [3.63, 3.8) is 0 Å². The number of carbonyl (C=O) groups is 4. The summed E-state index contributed by atoms with van der Waals surface area (Å²) in [4.78, 5) is 47.2. The molecule has 4 N–H and O–H groups in total. The van der Waals surface area contributed by atoms with Gasteiger partial charge in [0.1, 0.15) is 0 Å². The number of carbonyl (C=O) groups excluding carboxylic acids is 4. The number of allylic oxidation sites excluding steroid dienone is 8. The molecule has 0 bridgehead atoms. The van der Waals surface area contributed by atoms with E-state index in [1.165, 1.54) is 55.4 Å². The first-order chi connectivity index (χ1) is 25.6. The fraction of sp³-hybridized carbons (Fsp3) is 0.455. The van der Waals surface area contributed by atoms with Gasteiger partial charge in [-0.05, 0) is 99.6 Å². The summed E-state index contributed by atoms with van der Waals surface area (Å²) in [7, 11) is 0. The predicted octanol–water partition coefficient (Wildman–Crippen LogP) is 9.58. The van der Waals surface area contributed by atoms with Crippen LogP contribution in [0.5, 0.6) is 0 Å². The zero-order chi connectivity index (χ0) is 44.5. The molecule has 0 amide bonds. The van der Waals surface area contributed by atoms with Crippen molar-refractivity contribution < 1.29 is 81.7 Å². The molecule has 2 aromatic rings. The molecule has 12 heteroatoms. The summed E-state index contributed by atoms with van der Waals surface area (Å²) < 4.78 is 16.4. The van der Waals surface area contributed by atoms with Crippen molar-refractivity contribution in [2.45, 2.75) is 133 Å². The topological polar surface area (TPSA) is 183 Å². The van der Waals surface area contributed by atoms with E-state index in [4.69, 9.17) is 7.35 Å². The van der Waals surface area contributed by atoms with Gasteiger partial charge < -0.3 is 20.4 Å². The Kier molecular flexibility index (Phi) is 23.8. The van der Waals surface area contributed by atoms with Gasteiger partial charge in [-0.1, -0.05) is 77.9 Å². The van der Waals surface area contributed by atoms with E-state index < -0.39 is 0 Å². The van der Waals surface area contributed by atoms with Gasteiger partial charge in [-0.2, -0.15) is 0 Å². The summed E-state index contributed by atoms with van der Waals surface area (Å²) >= 11 is 2.12. The minimum atomic E-state index is -0.164. The Balaban J connectivity index is 0. The van der Waals surface area contributed by atoms with E-state index in [2.05, 4.69) is 41.5 Å². The van der Waals surface area contributed by atoms with Crippen molar-refractivity contribution >= 4 is 23.1 Å². The van der Waals surface area contributed by atoms with Crippen LogP contribution >= 0.6 is 0 Å². The van der Waals surface area contributed by atoms with Crippen LogP contribution in [-0.2, 0) is 97.8 Å². The molecule has 56 heavy (non-hydrogen) atoms. The molecule has 2 aromatic carbocycles. The average Bonchev–Trinajstić information content (AvgIpc) is 3.07. The molecule has 10 nitrogen and oxygen atoms in total. The van der Waals surface area contributed by atoms with Gasteiger partial charge in [0.2, 0.25) is 0 Å². The molecule has 2 rings (SSSR count). The van der Waals surface area contributed by atoms with Crippen LogP contribution in [0.15, 0.2) is 81.7 Å². The maximum atomic E-state index is 11.8. The van der Waals surface area contributed by atoms with Gasteiger partial charge in [-0.25, -0.2) is 0 Å². The summed E-state index contributed by atoms with van der Waals surface area (Å²) in [6, 6.07) is 12.0. The van der Waals surface area contributed by atoms with E-state index in [1.54, 1.807) is 0 Å². The number of aliphatic hydroxyl groups is 4. The minimum absolute atomic E-state index is 0.0238. The van der Waals surface area contributed by atoms with Gasteiger partial charge >= 0.3 is 42.1 Å². The van der Waals surface area contributed by atoms with E-state index in [-0.39, 0.29) is 57.0 Å². The van der Waals surface area contributed by atoms with E-state index >= 15 is 0 Å².